The van der Waals surface area contributed by atoms with Crippen molar-refractivity contribution in [2.75, 3.05) is 12.4 Å². The Labute approximate surface area is 182 Å². The van der Waals surface area contributed by atoms with E-state index in [-0.39, 0.29) is 12.0 Å². The van der Waals surface area contributed by atoms with E-state index in [1.807, 2.05) is 42.5 Å². The van der Waals surface area contributed by atoms with Crippen LogP contribution in [0.4, 0.5) is 5.95 Å². The summed E-state index contributed by atoms with van der Waals surface area (Å²) in [5, 5.41) is 3.48. The molecule has 1 N–H and O–H groups in total. The van der Waals surface area contributed by atoms with Gasteiger partial charge in [0.15, 0.2) is 0 Å². The molecule has 1 aromatic heterocycles. The zero-order valence-electron chi connectivity index (χ0n) is 16.2. The first-order chi connectivity index (χ1) is 14.6. The quantitative estimate of drug-likeness (QED) is 0.402. The summed E-state index contributed by atoms with van der Waals surface area (Å²) in [5.74, 6) is 0.449. The first kappa shape index (κ1) is 18.6. The maximum absolute atomic E-state index is 11.8. The Morgan fingerprint density at radius 1 is 1.03 bits per heavy atom. The van der Waals surface area contributed by atoms with E-state index in [0.717, 1.165) is 38.3 Å². The summed E-state index contributed by atoms with van der Waals surface area (Å²) in [6.45, 7) is 0. The van der Waals surface area contributed by atoms with Crippen molar-refractivity contribution in [2.24, 2.45) is 0 Å². The summed E-state index contributed by atoms with van der Waals surface area (Å²) < 4.78 is 8.05. The fourth-order valence-electron chi connectivity index (χ4n) is 3.79. The summed E-state index contributed by atoms with van der Waals surface area (Å²) in [5.41, 5.74) is 5.64. The lowest BCUT2D eigenvalue weighted by molar-refractivity contribution is 0.0600. The summed E-state index contributed by atoms with van der Waals surface area (Å²) >= 11 is 3.50. The summed E-state index contributed by atoms with van der Waals surface area (Å²) in [7, 11) is 1.39. The minimum Gasteiger partial charge on any atom is -0.465 e. The minimum atomic E-state index is -0.341. The van der Waals surface area contributed by atoms with Crippen molar-refractivity contribution in [3.63, 3.8) is 0 Å². The van der Waals surface area contributed by atoms with Crippen LogP contribution in [0.1, 0.15) is 27.5 Å². The van der Waals surface area contributed by atoms with Crippen LogP contribution in [0.3, 0.4) is 0 Å². The molecule has 2 heterocycles. The number of methoxy groups -OCH3 is 1. The zero-order chi connectivity index (χ0) is 20.7. The van der Waals surface area contributed by atoms with Crippen LogP contribution in [-0.4, -0.2) is 22.6 Å². The maximum Gasteiger partial charge on any atom is 0.337 e. The van der Waals surface area contributed by atoms with Crippen LogP contribution in [-0.2, 0) is 4.74 Å². The van der Waals surface area contributed by atoms with E-state index in [2.05, 4.69) is 50.1 Å². The highest BCUT2D eigenvalue weighted by Gasteiger charge is 2.25. The van der Waals surface area contributed by atoms with Crippen molar-refractivity contribution in [2.45, 2.75) is 6.04 Å². The van der Waals surface area contributed by atoms with Crippen LogP contribution in [0.15, 0.2) is 83.3 Å². The van der Waals surface area contributed by atoms with Crippen molar-refractivity contribution >= 4 is 44.6 Å². The van der Waals surface area contributed by atoms with Gasteiger partial charge >= 0.3 is 5.97 Å². The Bertz CT molecular complexity index is 1270. The molecule has 4 aromatic rings. The first-order valence-corrected chi connectivity index (χ1v) is 10.3. The monoisotopic (exact) mass is 459 g/mol. The van der Waals surface area contributed by atoms with Crippen molar-refractivity contribution in [3.8, 4) is 0 Å². The lowest BCUT2D eigenvalue weighted by atomic mass is 10.00. The number of hydrogen-bond acceptors (Lipinski definition) is 4. The average molecular weight is 460 g/mol. The number of esters is 1. The molecule has 1 unspecified atom stereocenters. The number of fused-ring (bicyclic) bond motifs is 3. The number of allylic oxidation sites excluding steroid dienone is 1. The third-order valence-electron chi connectivity index (χ3n) is 5.27. The highest BCUT2D eigenvalue weighted by Crippen LogP contribution is 2.37. The Balaban J connectivity index is 1.65. The second-order valence-corrected chi connectivity index (χ2v) is 7.98. The van der Waals surface area contributed by atoms with Gasteiger partial charge < -0.3 is 10.1 Å². The molecule has 0 amide bonds. The van der Waals surface area contributed by atoms with Crippen LogP contribution < -0.4 is 5.32 Å². The topological polar surface area (TPSA) is 56.1 Å². The smallest absolute Gasteiger partial charge is 0.337 e. The van der Waals surface area contributed by atoms with E-state index < -0.39 is 0 Å². The van der Waals surface area contributed by atoms with Crippen LogP contribution in [0.25, 0.3) is 16.7 Å². The molecule has 0 saturated carbocycles. The molecule has 1 aliphatic rings. The number of nitrogens with one attached hydrogen (secondary N) is 1. The van der Waals surface area contributed by atoms with Crippen molar-refractivity contribution in [1.29, 1.82) is 0 Å². The Kier molecular flexibility index (Phi) is 4.64. The van der Waals surface area contributed by atoms with E-state index in [1.165, 1.54) is 7.11 Å². The number of carbonyl (C=O) groups excluding carboxylic acids is 1. The third kappa shape index (κ3) is 3.19. The first-order valence-electron chi connectivity index (χ1n) is 9.54. The molecule has 0 saturated heterocycles. The zero-order valence-corrected chi connectivity index (χ0v) is 17.8. The number of benzene rings is 3. The van der Waals surface area contributed by atoms with Crippen LogP contribution in [0, 0.1) is 0 Å². The molecule has 0 aliphatic carbocycles. The maximum atomic E-state index is 11.8. The van der Waals surface area contributed by atoms with E-state index in [9.17, 15) is 4.79 Å². The average Bonchev–Trinajstić information content (AvgIpc) is 3.17. The molecular formula is C24H18BrN3O2. The molecule has 0 fully saturated rings. The van der Waals surface area contributed by atoms with E-state index in [4.69, 9.17) is 9.72 Å². The number of hydrogen-bond donors (Lipinski definition) is 1. The fraction of sp³-hybridized carbons (Fsp3) is 0.0833. The molecule has 0 radical (unpaired) electrons. The number of para-hydroxylation sites is 2. The lowest BCUT2D eigenvalue weighted by Gasteiger charge is -2.26. The number of carbonyl (C=O) groups is 1. The molecule has 5 nitrogen and oxygen atoms in total. The molecule has 148 valence electrons. The molecule has 30 heavy (non-hydrogen) atoms. The Morgan fingerprint density at radius 2 is 1.77 bits per heavy atom. The standard InChI is InChI=1S/C24H18BrN3O2/c1-30-23(29)17-8-6-16(7-9-17)22-14-20(15-10-12-18(25)13-11-15)27-24-26-19-4-2-3-5-21(19)28(22)24/h2-14,22H,1H3,(H,26,27). The normalized spacial score (nSPS) is 15.3. The third-order valence-corrected chi connectivity index (χ3v) is 5.80. The van der Waals surface area contributed by atoms with E-state index in [1.54, 1.807) is 12.1 Å². The molecule has 1 atom stereocenters. The van der Waals surface area contributed by atoms with Crippen molar-refractivity contribution in [3.05, 3.63) is 100 Å². The highest BCUT2D eigenvalue weighted by atomic mass is 79.9. The number of anilines is 1. The van der Waals surface area contributed by atoms with E-state index >= 15 is 0 Å². The molecular weight excluding hydrogens is 442 g/mol. The van der Waals surface area contributed by atoms with Crippen molar-refractivity contribution < 1.29 is 9.53 Å². The summed E-state index contributed by atoms with van der Waals surface area (Å²) in [6.07, 6.45) is 2.19. The number of rotatable bonds is 3. The largest absolute Gasteiger partial charge is 0.465 e. The predicted molar refractivity (Wildman–Crippen MR) is 121 cm³/mol. The van der Waals surface area contributed by atoms with E-state index in [0.29, 0.717) is 5.56 Å². The second kappa shape index (κ2) is 7.46. The van der Waals surface area contributed by atoms with Gasteiger partial charge in [-0.2, -0.15) is 0 Å². The molecule has 0 bridgehead atoms. The van der Waals surface area contributed by atoms with Crippen LogP contribution in [0.5, 0.6) is 0 Å². The number of imidazole rings is 1. The SMILES string of the molecule is COC(=O)c1ccc(C2C=C(c3ccc(Br)cc3)Nc3nc4ccccc4n32)cc1. The lowest BCUT2D eigenvalue weighted by Crippen LogP contribution is -2.19. The summed E-state index contributed by atoms with van der Waals surface area (Å²) in [4.78, 5) is 16.6. The predicted octanol–water partition coefficient (Wildman–Crippen LogP) is 5.64. The number of nitrogens with zero attached hydrogens (tertiary/aromatic N) is 2. The summed E-state index contributed by atoms with van der Waals surface area (Å²) in [6, 6.07) is 23.7. The molecule has 0 spiro atoms. The molecule has 5 rings (SSSR count). The number of halogens is 1. The van der Waals surface area contributed by atoms with Gasteiger partial charge in [0.1, 0.15) is 0 Å². The van der Waals surface area contributed by atoms with Gasteiger partial charge in [-0.1, -0.05) is 52.3 Å². The van der Waals surface area contributed by atoms with Crippen molar-refractivity contribution in [1.82, 2.24) is 9.55 Å². The van der Waals surface area contributed by atoms with Crippen LogP contribution in [0.2, 0.25) is 0 Å². The Hall–Kier alpha value is -3.38. The van der Waals surface area contributed by atoms with Gasteiger partial charge in [-0.3, -0.25) is 4.57 Å². The van der Waals surface area contributed by atoms with Gasteiger partial charge in [0.05, 0.1) is 29.7 Å². The highest BCUT2D eigenvalue weighted by molar-refractivity contribution is 9.10. The van der Waals surface area contributed by atoms with Gasteiger partial charge in [0.2, 0.25) is 5.95 Å². The molecule has 3 aromatic carbocycles. The molecule has 1 aliphatic heterocycles. The van der Waals surface area contributed by atoms with Gasteiger partial charge in [-0.15, -0.1) is 0 Å². The number of ether oxygens (including phenoxy) is 1. The van der Waals surface area contributed by atoms with Gasteiger partial charge in [0, 0.05) is 10.2 Å². The molecule has 6 heteroatoms. The minimum absolute atomic E-state index is 0.0704. The van der Waals surface area contributed by atoms with Gasteiger partial charge in [-0.25, -0.2) is 9.78 Å². The Morgan fingerprint density at radius 3 is 2.50 bits per heavy atom. The fourth-order valence-corrected chi connectivity index (χ4v) is 4.05. The van der Waals surface area contributed by atoms with Gasteiger partial charge in [-0.05, 0) is 53.6 Å². The second-order valence-electron chi connectivity index (χ2n) is 7.06. The number of aromatic nitrogens is 2. The van der Waals surface area contributed by atoms with Crippen LogP contribution >= 0.6 is 15.9 Å². The van der Waals surface area contributed by atoms with Gasteiger partial charge in [0.25, 0.3) is 0 Å².